The van der Waals surface area contributed by atoms with E-state index in [1.807, 2.05) is 11.8 Å². The molecule has 194 valence electrons. The van der Waals surface area contributed by atoms with Gasteiger partial charge in [0.2, 0.25) is 10.0 Å². The number of sulfonamides is 1. The van der Waals surface area contributed by atoms with Crippen molar-refractivity contribution in [3.63, 3.8) is 0 Å². The van der Waals surface area contributed by atoms with Gasteiger partial charge in [-0.3, -0.25) is 14.9 Å². The molecule has 0 unspecified atom stereocenters. The molecule has 0 radical (unpaired) electrons. The smallest absolute Gasteiger partial charge is 0.311 e. The molecule has 1 fully saturated rings. The summed E-state index contributed by atoms with van der Waals surface area (Å²) in [4.78, 5) is 25.9. The normalized spacial score (nSPS) is 14.3. The Balaban J connectivity index is 1.53. The van der Waals surface area contributed by atoms with Gasteiger partial charge >= 0.3 is 5.69 Å². The molecule has 0 spiro atoms. The highest BCUT2D eigenvalue weighted by molar-refractivity contribution is 7.89. The SMILES string of the molecule is COc1ccc(C(=O)Nc2cccc(Cl)c2N2CCN(S(=O)(=O)c3ccc(C)cc3)CC2)cc1[N+](=O)[O-]. The number of anilines is 2. The highest BCUT2D eigenvalue weighted by atomic mass is 35.5. The number of carbonyl (C=O) groups excluding carboxylic acids is 1. The molecule has 0 aromatic heterocycles. The summed E-state index contributed by atoms with van der Waals surface area (Å²) in [7, 11) is -2.33. The average molecular weight is 545 g/mol. The van der Waals surface area contributed by atoms with E-state index in [2.05, 4.69) is 5.32 Å². The number of hydrogen-bond acceptors (Lipinski definition) is 7. The zero-order valence-electron chi connectivity index (χ0n) is 20.2. The second kappa shape index (κ2) is 10.8. The fraction of sp³-hybridized carbons (Fsp3) is 0.240. The molecule has 1 aliphatic rings. The summed E-state index contributed by atoms with van der Waals surface area (Å²) in [6.07, 6.45) is 0. The van der Waals surface area contributed by atoms with Gasteiger partial charge in [-0.25, -0.2) is 8.42 Å². The van der Waals surface area contributed by atoms with Gasteiger partial charge < -0.3 is 15.0 Å². The Kier molecular flexibility index (Phi) is 7.67. The van der Waals surface area contributed by atoms with E-state index in [9.17, 15) is 23.3 Å². The highest BCUT2D eigenvalue weighted by Gasteiger charge is 2.30. The predicted molar refractivity (Wildman–Crippen MR) is 141 cm³/mol. The summed E-state index contributed by atoms with van der Waals surface area (Å²) in [5.74, 6) is -0.515. The topological polar surface area (TPSA) is 122 Å². The lowest BCUT2D eigenvalue weighted by Crippen LogP contribution is -2.49. The molecule has 3 aromatic carbocycles. The molecule has 0 atom stereocenters. The zero-order chi connectivity index (χ0) is 26.7. The first kappa shape index (κ1) is 26.4. The Morgan fingerprint density at radius 3 is 2.35 bits per heavy atom. The van der Waals surface area contributed by atoms with Crippen molar-refractivity contribution < 1.29 is 22.9 Å². The van der Waals surface area contributed by atoms with E-state index in [1.54, 1.807) is 42.5 Å². The van der Waals surface area contributed by atoms with E-state index in [4.69, 9.17) is 16.3 Å². The maximum atomic E-state index is 13.1. The van der Waals surface area contributed by atoms with Crippen LogP contribution in [0.25, 0.3) is 0 Å². The minimum atomic E-state index is -3.64. The summed E-state index contributed by atoms with van der Waals surface area (Å²) in [5, 5.41) is 14.5. The number of methoxy groups -OCH3 is 1. The first-order valence-corrected chi connectivity index (χ1v) is 13.2. The Bertz CT molecular complexity index is 1440. The van der Waals surface area contributed by atoms with Crippen LogP contribution in [0.2, 0.25) is 5.02 Å². The molecule has 1 amide bonds. The quantitative estimate of drug-likeness (QED) is 0.347. The van der Waals surface area contributed by atoms with Crippen molar-refractivity contribution in [1.29, 1.82) is 0 Å². The molecule has 0 bridgehead atoms. The largest absolute Gasteiger partial charge is 0.490 e. The maximum absolute atomic E-state index is 13.1. The molecule has 12 heteroatoms. The van der Waals surface area contributed by atoms with Crippen LogP contribution in [0.15, 0.2) is 65.6 Å². The van der Waals surface area contributed by atoms with E-state index in [0.717, 1.165) is 11.6 Å². The molecule has 1 aliphatic heterocycles. The molecule has 4 rings (SSSR count). The van der Waals surface area contributed by atoms with Gasteiger partial charge in [0.05, 0.1) is 33.3 Å². The lowest BCUT2D eigenvalue weighted by molar-refractivity contribution is -0.385. The molecule has 0 aliphatic carbocycles. The summed E-state index contributed by atoms with van der Waals surface area (Å²) >= 11 is 6.50. The number of benzene rings is 3. The van der Waals surface area contributed by atoms with Crippen LogP contribution in [0, 0.1) is 17.0 Å². The van der Waals surface area contributed by atoms with Gasteiger partial charge in [0.1, 0.15) is 0 Å². The van der Waals surface area contributed by atoms with Crippen LogP contribution in [0.5, 0.6) is 5.75 Å². The lowest BCUT2D eigenvalue weighted by Gasteiger charge is -2.36. The highest BCUT2D eigenvalue weighted by Crippen LogP contribution is 2.36. The minimum absolute atomic E-state index is 0.0449. The van der Waals surface area contributed by atoms with Crippen molar-refractivity contribution in [2.45, 2.75) is 11.8 Å². The minimum Gasteiger partial charge on any atom is -0.490 e. The second-order valence-electron chi connectivity index (χ2n) is 8.44. The summed E-state index contributed by atoms with van der Waals surface area (Å²) in [6.45, 7) is 3.07. The van der Waals surface area contributed by atoms with E-state index in [0.29, 0.717) is 29.5 Å². The third kappa shape index (κ3) is 5.53. The van der Waals surface area contributed by atoms with Crippen LogP contribution in [0.4, 0.5) is 17.1 Å². The number of piperazine rings is 1. The summed E-state index contributed by atoms with van der Waals surface area (Å²) in [6, 6.07) is 15.7. The second-order valence-corrected chi connectivity index (χ2v) is 10.8. The number of aryl methyl sites for hydroxylation is 1. The molecule has 10 nitrogen and oxygen atoms in total. The van der Waals surface area contributed by atoms with Crippen molar-refractivity contribution in [2.24, 2.45) is 0 Å². The number of nitrogens with one attached hydrogen (secondary N) is 1. The average Bonchev–Trinajstić information content (AvgIpc) is 2.88. The zero-order valence-corrected chi connectivity index (χ0v) is 21.8. The number of rotatable bonds is 7. The Hall–Kier alpha value is -3.67. The third-order valence-electron chi connectivity index (χ3n) is 6.09. The molecular formula is C25H25ClN4O6S. The van der Waals surface area contributed by atoms with Crippen LogP contribution in [0.1, 0.15) is 15.9 Å². The standard InChI is InChI=1S/C25H25ClN4O6S/c1-17-6-9-19(10-7-17)37(34,35)29-14-12-28(13-15-29)24-20(26)4-3-5-21(24)27-25(31)18-8-11-23(36-2)22(16-18)30(32)33/h3-11,16H,12-15H2,1-2H3,(H,27,31). The number of amides is 1. The number of ether oxygens (including phenoxy) is 1. The van der Waals surface area contributed by atoms with Crippen molar-refractivity contribution >= 4 is 44.6 Å². The Labute approximate surface area is 219 Å². The van der Waals surface area contributed by atoms with Gasteiger partial charge in [-0.05, 0) is 43.3 Å². The predicted octanol–water partition coefficient (Wildman–Crippen LogP) is 4.33. The Morgan fingerprint density at radius 2 is 1.73 bits per heavy atom. The molecule has 37 heavy (non-hydrogen) atoms. The van der Waals surface area contributed by atoms with Crippen LogP contribution >= 0.6 is 11.6 Å². The fourth-order valence-corrected chi connectivity index (χ4v) is 5.83. The van der Waals surface area contributed by atoms with Gasteiger partial charge in [0.25, 0.3) is 5.91 Å². The van der Waals surface area contributed by atoms with E-state index >= 15 is 0 Å². The van der Waals surface area contributed by atoms with Crippen molar-refractivity contribution in [3.05, 3.63) is 86.9 Å². The van der Waals surface area contributed by atoms with Crippen molar-refractivity contribution in [3.8, 4) is 5.75 Å². The van der Waals surface area contributed by atoms with Crippen LogP contribution in [0.3, 0.4) is 0 Å². The van der Waals surface area contributed by atoms with Crippen LogP contribution < -0.4 is 15.0 Å². The van der Waals surface area contributed by atoms with E-state index in [1.165, 1.54) is 23.5 Å². The van der Waals surface area contributed by atoms with Gasteiger partial charge in [0.15, 0.2) is 5.75 Å². The number of nitro groups is 1. The van der Waals surface area contributed by atoms with Gasteiger partial charge in [-0.1, -0.05) is 35.4 Å². The van der Waals surface area contributed by atoms with Crippen molar-refractivity contribution in [2.75, 3.05) is 43.5 Å². The molecule has 1 heterocycles. The number of nitrogens with zero attached hydrogens (tertiary/aromatic N) is 3. The summed E-state index contributed by atoms with van der Waals surface area (Å²) in [5.41, 5.74) is 1.68. The third-order valence-corrected chi connectivity index (χ3v) is 8.30. The monoisotopic (exact) mass is 544 g/mol. The molecule has 0 saturated carbocycles. The van der Waals surface area contributed by atoms with E-state index in [-0.39, 0.29) is 35.0 Å². The first-order chi connectivity index (χ1) is 17.6. The number of halogens is 1. The number of para-hydroxylation sites is 1. The summed E-state index contributed by atoms with van der Waals surface area (Å²) < 4.78 is 32.6. The first-order valence-electron chi connectivity index (χ1n) is 11.4. The van der Waals surface area contributed by atoms with Gasteiger partial charge in [-0.15, -0.1) is 0 Å². The number of nitro benzene ring substituents is 1. The van der Waals surface area contributed by atoms with Crippen LogP contribution in [-0.4, -0.2) is 56.8 Å². The molecule has 1 N–H and O–H groups in total. The van der Waals surface area contributed by atoms with Crippen LogP contribution in [-0.2, 0) is 10.0 Å². The Morgan fingerprint density at radius 1 is 1.05 bits per heavy atom. The number of hydrogen-bond donors (Lipinski definition) is 1. The fourth-order valence-electron chi connectivity index (χ4n) is 4.12. The molecule has 1 saturated heterocycles. The number of carbonyl (C=O) groups is 1. The van der Waals surface area contributed by atoms with E-state index < -0.39 is 20.9 Å². The molecular weight excluding hydrogens is 520 g/mol. The lowest BCUT2D eigenvalue weighted by atomic mass is 10.1. The van der Waals surface area contributed by atoms with Gasteiger partial charge in [0, 0.05) is 37.8 Å². The maximum Gasteiger partial charge on any atom is 0.311 e. The molecule has 3 aromatic rings. The van der Waals surface area contributed by atoms with Crippen molar-refractivity contribution in [1.82, 2.24) is 4.31 Å². The van der Waals surface area contributed by atoms with Gasteiger partial charge in [-0.2, -0.15) is 4.31 Å².